The highest BCUT2D eigenvalue weighted by molar-refractivity contribution is 9.09. The molecule has 0 spiro atoms. The Kier molecular flexibility index (Phi) is 10.7. The summed E-state index contributed by atoms with van der Waals surface area (Å²) in [6.45, 7) is 13.6. The number of ether oxygens (including phenoxy) is 1. The fourth-order valence-corrected chi connectivity index (χ4v) is 4.03. The number of unbranched alkanes of at least 4 members (excludes halogenated alkanes) is 5. The third-order valence-corrected chi connectivity index (χ3v) is 9.90. The predicted octanol–water partition coefficient (Wildman–Crippen LogP) is 6.49. The van der Waals surface area contributed by atoms with Gasteiger partial charge in [0.1, 0.15) is 0 Å². The average Bonchev–Trinajstić information content (AvgIpc) is 2.38. The summed E-state index contributed by atoms with van der Waals surface area (Å²) in [6.07, 6.45) is 8.98. The van der Waals surface area contributed by atoms with E-state index < -0.39 is 8.32 Å². The Labute approximate surface area is 142 Å². The molecule has 0 fully saturated rings. The SMILES string of the molecule is CCCCCCCCC(Br)C(OC)O[Si](C)(C)C(C)(C)C. The van der Waals surface area contributed by atoms with Crippen molar-refractivity contribution >= 4 is 24.2 Å². The summed E-state index contributed by atoms with van der Waals surface area (Å²) in [6, 6.07) is 0. The molecule has 0 aromatic rings. The van der Waals surface area contributed by atoms with Gasteiger partial charge in [0.2, 0.25) is 0 Å². The van der Waals surface area contributed by atoms with Crippen LogP contribution in [-0.4, -0.2) is 26.5 Å². The van der Waals surface area contributed by atoms with Crippen LogP contribution in [0.4, 0.5) is 0 Å². The van der Waals surface area contributed by atoms with E-state index in [4.69, 9.17) is 9.16 Å². The molecule has 0 rings (SSSR count). The number of alkyl halides is 1. The summed E-state index contributed by atoms with van der Waals surface area (Å²) in [7, 11) is -0.0146. The van der Waals surface area contributed by atoms with E-state index in [-0.39, 0.29) is 11.3 Å². The fraction of sp³-hybridized carbons (Fsp3) is 1.00. The molecule has 0 saturated heterocycles. The van der Waals surface area contributed by atoms with Gasteiger partial charge in [-0.1, -0.05) is 82.1 Å². The molecule has 0 aromatic carbocycles. The Morgan fingerprint density at radius 1 is 1.00 bits per heavy atom. The van der Waals surface area contributed by atoms with Crippen molar-refractivity contribution in [1.29, 1.82) is 0 Å². The second kappa shape index (κ2) is 10.4. The molecule has 0 aliphatic heterocycles. The van der Waals surface area contributed by atoms with Crippen LogP contribution >= 0.6 is 15.9 Å². The first-order valence-corrected chi connectivity index (χ1v) is 12.3. The van der Waals surface area contributed by atoms with Gasteiger partial charge in [0.05, 0.1) is 4.83 Å². The number of halogens is 1. The lowest BCUT2D eigenvalue weighted by Crippen LogP contribution is -2.46. The van der Waals surface area contributed by atoms with Crippen molar-refractivity contribution < 1.29 is 9.16 Å². The van der Waals surface area contributed by atoms with E-state index in [1.807, 2.05) is 0 Å². The summed E-state index contributed by atoms with van der Waals surface area (Å²) < 4.78 is 12.0. The van der Waals surface area contributed by atoms with Crippen LogP contribution in [0, 0.1) is 0 Å². The Morgan fingerprint density at radius 2 is 1.52 bits per heavy atom. The quantitative estimate of drug-likeness (QED) is 0.176. The van der Waals surface area contributed by atoms with Gasteiger partial charge in [-0.2, -0.15) is 0 Å². The van der Waals surface area contributed by atoms with E-state index in [0.29, 0.717) is 4.83 Å². The van der Waals surface area contributed by atoms with Crippen molar-refractivity contribution in [2.45, 2.75) is 102 Å². The molecule has 0 aliphatic carbocycles. The molecule has 4 heteroatoms. The smallest absolute Gasteiger partial charge is 0.195 e. The Bertz CT molecular complexity index is 264. The molecule has 0 aliphatic rings. The second-order valence-electron chi connectivity index (χ2n) is 7.55. The first kappa shape index (κ1) is 21.6. The first-order valence-electron chi connectivity index (χ1n) is 8.50. The van der Waals surface area contributed by atoms with E-state index >= 15 is 0 Å². The fourth-order valence-electron chi connectivity index (χ4n) is 1.99. The zero-order chi connectivity index (χ0) is 16.5. The van der Waals surface area contributed by atoms with Crippen LogP contribution in [0.5, 0.6) is 0 Å². The summed E-state index contributed by atoms with van der Waals surface area (Å²) in [5.41, 5.74) is 0. The molecule has 2 nitrogen and oxygen atoms in total. The molecular weight excluding hydrogens is 344 g/mol. The molecule has 0 saturated carbocycles. The number of hydrogen-bond acceptors (Lipinski definition) is 2. The van der Waals surface area contributed by atoms with E-state index in [2.05, 4.69) is 56.7 Å². The van der Waals surface area contributed by atoms with Gasteiger partial charge >= 0.3 is 0 Å². The van der Waals surface area contributed by atoms with Crippen molar-refractivity contribution in [2.24, 2.45) is 0 Å². The maximum atomic E-state index is 6.38. The van der Waals surface area contributed by atoms with Crippen LogP contribution in [0.15, 0.2) is 0 Å². The highest BCUT2D eigenvalue weighted by Crippen LogP contribution is 2.38. The van der Waals surface area contributed by atoms with E-state index in [0.717, 1.165) is 6.42 Å². The van der Waals surface area contributed by atoms with Crippen LogP contribution < -0.4 is 0 Å². The van der Waals surface area contributed by atoms with Crippen LogP contribution in [0.1, 0.15) is 72.6 Å². The van der Waals surface area contributed by atoms with Crippen LogP contribution in [0.25, 0.3) is 0 Å². The second-order valence-corrected chi connectivity index (χ2v) is 13.5. The van der Waals surface area contributed by atoms with Gasteiger partial charge in [-0.05, 0) is 24.6 Å². The molecule has 2 unspecified atom stereocenters. The zero-order valence-electron chi connectivity index (χ0n) is 15.3. The third-order valence-electron chi connectivity index (χ3n) is 4.58. The molecule has 0 aromatic heterocycles. The van der Waals surface area contributed by atoms with E-state index in [1.54, 1.807) is 7.11 Å². The Hall–Kier alpha value is 0.617. The van der Waals surface area contributed by atoms with Gasteiger partial charge in [-0.25, -0.2) is 0 Å². The summed E-state index contributed by atoms with van der Waals surface area (Å²) in [4.78, 5) is 0.294. The largest absolute Gasteiger partial charge is 0.391 e. The molecule has 2 atom stereocenters. The van der Waals surface area contributed by atoms with Gasteiger partial charge in [-0.15, -0.1) is 0 Å². The Morgan fingerprint density at radius 3 is 2.00 bits per heavy atom. The molecule has 0 amide bonds. The van der Waals surface area contributed by atoms with Crippen LogP contribution in [0.2, 0.25) is 18.1 Å². The van der Waals surface area contributed by atoms with Crippen molar-refractivity contribution in [3.8, 4) is 0 Å². The normalized spacial score (nSPS) is 16.0. The molecule has 0 bridgehead atoms. The lowest BCUT2D eigenvalue weighted by molar-refractivity contribution is -0.0628. The third kappa shape index (κ3) is 8.73. The lowest BCUT2D eigenvalue weighted by Gasteiger charge is -2.39. The first-order chi connectivity index (χ1) is 9.65. The van der Waals surface area contributed by atoms with E-state index in [9.17, 15) is 0 Å². The molecular formula is C17H37BrO2Si. The molecule has 21 heavy (non-hydrogen) atoms. The number of rotatable bonds is 11. The van der Waals surface area contributed by atoms with Gasteiger partial charge in [0.15, 0.2) is 14.6 Å². The molecule has 0 N–H and O–H groups in total. The zero-order valence-corrected chi connectivity index (χ0v) is 17.9. The van der Waals surface area contributed by atoms with Crippen LogP contribution in [-0.2, 0) is 9.16 Å². The monoisotopic (exact) mass is 380 g/mol. The average molecular weight is 381 g/mol. The summed E-state index contributed by atoms with van der Waals surface area (Å²) in [5, 5.41) is 0.219. The van der Waals surface area contributed by atoms with Gasteiger partial charge in [0, 0.05) is 7.11 Å². The molecule has 0 heterocycles. The highest BCUT2D eigenvalue weighted by Gasteiger charge is 2.40. The molecule has 0 radical (unpaired) electrons. The van der Waals surface area contributed by atoms with Crippen molar-refractivity contribution in [3.05, 3.63) is 0 Å². The van der Waals surface area contributed by atoms with Crippen molar-refractivity contribution in [2.75, 3.05) is 7.11 Å². The van der Waals surface area contributed by atoms with E-state index in [1.165, 1.54) is 38.5 Å². The minimum atomic E-state index is -1.77. The minimum absolute atomic E-state index is 0.124. The van der Waals surface area contributed by atoms with Crippen molar-refractivity contribution in [1.82, 2.24) is 0 Å². The van der Waals surface area contributed by atoms with Gasteiger partial charge < -0.3 is 9.16 Å². The number of methoxy groups -OCH3 is 1. The summed E-state index contributed by atoms with van der Waals surface area (Å²) in [5.74, 6) is 0. The predicted molar refractivity (Wildman–Crippen MR) is 99.8 cm³/mol. The standard InChI is InChI=1S/C17H37BrO2Si/c1-8-9-10-11-12-13-14-15(18)16(19-5)20-21(6,7)17(2,3)4/h15-16H,8-14H2,1-7H3. The lowest BCUT2D eigenvalue weighted by atomic mass is 10.1. The van der Waals surface area contributed by atoms with Crippen LogP contribution in [0.3, 0.4) is 0 Å². The molecule has 128 valence electrons. The maximum absolute atomic E-state index is 6.38. The maximum Gasteiger partial charge on any atom is 0.195 e. The van der Waals surface area contributed by atoms with Crippen molar-refractivity contribution in [3.63, 3.8) is 0 Å². The highest BCUT2D eigenvalue weighted by atomic mass is 79.9. The van der Waals surface area contributed by atoms with Gasteiger partial charge in [0.25, 0.3) is 0 Å². The Balaban J connectivity index is 4.16. The topological polar surface area (TPSA) is 18.5 Å². The number of hydrogen-bond donors (Lipinski definition) is 0. The summed E-state index contributed by atoms with van der Waals surface area (Å²) >= 11 is 3.78. The minimum Gasteiger partial charge on any atom is -0.391 e. The van der Waals surface area contributed by atoms with Gasteiger partial charge in [-0.3, -0.25) is 0 Å².